The van der Waals surface area contributed by atoms with Crippen LogP contribution in [0.4, 0.5) is 4.79 Å². The van der Waals surface area contributed by atoms with Gasteiger partial charge in [0.25, 0.3) is 0 Å². The van der Waals surface area contributed by atoms with Crippen LogP contribution in [0.3, 0.4) is 0 Å². The summed E-state index contributed by atoms with van der Waals surface area (Å²) in [4.78, 5) is 27.5. The monoisotopic (exact) mass is 488 g/mol. The van der Waals surface area contributed by atoms with Gasteiger partial charge in [-0.3, -0.25) is 4.79 Å². The van der Waals surface area contributed by atoms with Gasteiger partial charge in [-0.2, -0.15) is 0 Å². The third-order valence-corrected chi connectivity index (χ3v) is 7.41. The number of hydrogen-bond acceptors (Lipinski definition) is 6. The van der Waals surface area contributed by atoms with Crippen LogP contribution in [-0.4, -0.2) is 60.4 Å². The highest BCUT2D eigenvalue weighted by Gasteiger charge is 2.52. The first-order chi connectivity index (χ1) is 16.4. The molecule has 1 aromatic carbocycles. The number of benzene rings is 1. The fourth-order valence-corrected chi connectivity index (χ4v) is 5.66. The van der Waals surface area contributed by atoms with Gasteiger partial charge in [-0.15, -0.1) is 0 Å². The molecule has 0 spiro atoms. The lowest BCUT2D eigenvalue weighted by Gasteiger charge is -2.53. The average molecular weight is 489 g/mol. The Balaban J connectivity index is 1.47. The van der Waals surface area contributed by atoms with E-state index in [-0.39, 0.29) is 30.0 Å². The Morgan fingerprint density at radius 2 is 2.03 bits per heavy atom. The number of fused-ring (bicyclic) bond motifs is 4. The minimum atomic E-state index is -0.614. The fraction of sp³-hybridized carbons (Fsp3) is 0.704. The number of likely N-dealkylation sites (tertiary alicyclic amines) is 1. The molecule has 8 nitrogen and oxygen atoms in total. The summed E-state index contributed by atoms with van der Waals surface area (Å²) in [6, 6.07) is 5.36. The van der Waals surface area contributed by atoms with Gasteiger partial charge in [0, 0.05) is 30.5 Å². The van der Waals surface area contributed by atoms with Crippen LogP contribution in [-0.2, 0) is 14.3 Å². The molecular weight excluding hydrogens is 448 g/mol. The highest BCUT2D eigenvalue weighted by atomic mass is 16.6. The van der Waals surface area contributed by atoms with Gasteiger partial charge < -0.3 is 29.2 Å². The molecule has 3 heterocycles. The molecule has 35 heavy (non-hydrogen) atoms. The summed E-state index contributed by atoms with van der Waals surface area (Å²) < 4.78 is 24.1. The molecule has 0 aromatic heterocycles. The van der Waals surface area contributed by atoms with Crippen molar-refractivity contribution in [2.75, 3.05) is 20.2 Å². The summed E-state index contributed by atoms with van der Waals surface area (Å²) in [5, 5.41) is 2.76. The molecule has 0 unspecified atom stereocenters. The Bertz CT molecular complexity index is 955. The summed E-state index contributed by atoms with van der Waals surface area (Å²) in [7, 11) is 1.66. The van der Waals surface area contributed by atoms with Crippen molar-refractivity contribution in [3.8, 4) is 11.5 Å². The topological polar surface area (TPSA) is 86.3 Å². The second kappa shape index (κ2) is 9.52. The highest BCUT2D eigenvalue weighted by Crippen LogP contribution is 2.55. The van der Waals surface area contributed by atoms with E-state index >= 15 is 0 Å². The van der Waals surface area contributed by atoms with Crippen molar-refractivity contribution < 1.29 is 28.5 Å². The molecular formula is C27H40N2O6. The van der Waals surface area contributed by atoms with Gasteiger partial charge in [0.2, 0.25) is 5.91 Å². The molecule has 5 atom stereocenters. The van der Waals surface area contributed by atoms with E-state index < -0.39 is 23.3 Å². The number of carbonyl (C=O) groups is 2. The molecule has 3 aliphatic rings. The third kappa shape index (κ3) is 5.22. The van der Waals surface area contributed by atoms with Crippen LogP contribution in [0.5, 0.6) is 11.5 Å². The number of piperidine rings is 1. The zero-order chi connectivity index (χ0) is 25.5. The van der Waals surface area contributed by atoms with Crippen molar-refractivity contribution in [2.45, 2.75) is 90.3 Å². The van der Waals surface area contributed by atoms with E-state index in [9.17, 15) is 9.59 Å². The first-order valence-electron chi connectivity index (χ1n) is 12.7. The summed E-state index contributed by atoms with van der Waals surface area (Å²) in [6.07, 6.45) is 1.62. The number of hydrogen-bond donors (Lipinski definition) is 1. The second-order valence-corrected chi connectivity index (χ2v) is 11.5. The standard InChI is InChI=1S/C27H40N2O6/c1-8-19(28-25(31)35-26(2,3)4)24(30)29-13-12-20-16(15-29)14-18-22(33-20)17-10-9-11-21(32-7)23(17)34-27(18,5)6/h9-11,16,18-20,22H,8,12-15H2,1-7H3,(H,28,31)/t16-,18+,19+,20+,22-/m0/s1. The lowest BCUT2D eigenvalue weighted by molar-refractivity contribution is -0.189. The molecule has 4 rings (SSSR count). The van der Waals surface area contributed by atoms with E-state index in [0.717, 1.165) is 29.9 Å². The lowest BCUT2D eigenvalue weighted by Crippen LogP contribution is -2.58. The number of rotatable bonds is 4. The van der Waals surface area contributed by atoms with Crippen molar-refractivity contribution in [3.05, 3.63) is 23.8 Å². The van der Waals surface area contributed by atoms with Crippen molar-refractivity contribution >= 4 is 12.0 Å². The molecule has 2 fully saturated rings. The molecule has 194 valence electrons. The van der Waals surface area contributed by atoms with Crippen LogP contribution in [0, 0.1) is 11.8 Å². The maximum atomic E-state index is 13.3. The number of ether oxygens (including phenoxy) is 4. The van der Waals surface area contributed by atoms with Gasteiger partial charge in [-0.05, 0) is 59.9 Å². The Morgan fingerprint density at radius 1 is 1.29 bits per heavy atom. The minimum absolute atomic E-state index is 0.0619. The van der Waals surface area contributed by atoms with E-state index in [1.165, 1.54) is 0 Å². The van der Waals surface area contributed by atoms with Crippen LogP contribution < -0.4 is 14.8 Å². The number of nitrogens with one attached hydrogen (secondary N) is 1. The van der Waals surface area contributed by atoms with E-state index in [2.05, 4.69) is 25.2 Å². The van der Waals surface area contributed by atoms with Crippen LogP contribution >= 0.6 is 0 Å². The average Bonchev–Trinajstić information content (AvgIpc) is 2.79. The van der Waals surface area contributed by atoms with Gasteiger partial charge in [-0.1, -0.05) is 19.1 Å². The number of carbonyl (C=O) groups excluding carboxylic acids is 2. The number of para-hydroxylation sites is 1. The first-order valence-corrected chi connectivity index (χ1v) is 12.7. The molecule has 8 heteroatoms. The summed E-state index contributed by atoms with van der Waals surface area (Å²) in [5.74, 6) is 1.80. The Kier molecular flexibility index (Phi) is 6.97. The first kappa shape index (κ1) is 25.6. The predicted octanol–water partition coefficient (Wildman–Crippen LogP) is 4.46. The van der Waals surface area contributed by atoms with Gasteiger partial charge in [0.05, 0.1) is 19.3 Å². The molecule has 3 aliphatic heterocycles. The maximum Gasteiger partial charge on any atom is 0.408 e. The van der Waals surface area contributed by atoms with Crippen LogP contribution in [0.1, 0.15) is 72.5 Å². The Labute approximate surface area is 208 Å². The highest BCUT2D eigenvalue weighted by molar-refractivity contribution is 5.85. The van der Waals surface area contributed by atoms with E-state index in [0.29, 0.717) is 19.5 Å². The molecule has 1 N–H and O–H groups in total. The zero-order valence-corrected chi connectivity index (χ0v) is 22.1. The second-order valence-electron chi connectivity index (χ2n) is 11.5. The van der Waals surface area contributed by atoms with Crippen molar-refractivity contribution in [2.24, 2.45) is 11.8 Å². The number of alkyl carbamates (subject to hydrolysis) is 1. The van der Waals surface area contributed by atoms with Crippen molar-refractivity contribution in [3.63, 3.8) is 0 Å². The molecule has 1 aromatic rings. The molecule has 0 aliphatic carbocycles. The normalized spacial score (nSPS) is 27.9. The summed E-state index contributed by atoms with van der Waals surface area (Å²) in [6.45, 7) is 12.7. The molecule has 2 saturated heterocycles. The Morgan fingerprint density at radius 3 is 2.69 bits per heavy atom. The number of amides is 2. The van der Waals surface area contributed by atoms with Gasteiger partial charge >= 0.3 is 6.09 Å². The summed E-state index contributed by atoms with van der Waals surface area (Å²) in [5.41, 5.74) is -0.0105. The minimum Gasteiger partial charge on any atom is -0.493 e. The lowest BCUT2D eigenvalue weighted by atomic mass is 9.70. The molecule has 0 saturated carbocycles. The molecule has 0 radical (unpaired) electrons. The van der Waals surface area contributed by atoms with E-state index in [1.54, 1.807) is 27.9 Å². The van der Waals surface area contributed by atoms with Gasteiger partial charge in [0.1, 0.15) is 17.2 Å². The number of methoxy groups -OCH3 is 1. The smallest absolute Gasteiger partial charge is 0.408 e. The van der Waals surface area contributed by atoms with E-state index in [1.807, 2.05) is 24.0 Å². The quantitative estimate of drug-likeness (QED) is 0.673. The zero-order valence-electron chi connectivity index (χ0n) is 22.1. The predicted molar refractivity (Wildman–Crippen MR) is 132 cm³/mol. The third-order valence-electron chi connectivity index (χ3n) is 7.41. The Hall–Kier alpha value is -2.48. The van der Waals surface area contributed by atoms with Gasteiger partial charge in [-0.25, -0.2) is 4.79 Å². The van der Waals surface area contributed by atoms with Crippen LogP contribution in [0.25, 0.3) is 0 Å². The SMILES string of the molecule is CC[C@@H](NC(=O)OC(C)(C)C)C(=O)N1CC[C@H]2O[C@H]3c4cccc(OC)c4OC(C)(C)[C@@H]3C[C@H]2C1. The van der Waals surface area contributed by atoms with Crippen molar-refractivity contribution in [1.82, 2.24) is 10.2 Å². The van der Waals surface area contributed by atoms with Gasteiger partial charge in [0.15, 0.2) is 11.5 Å². The summed E-state index contributed by atoms with van der Waals surface area (Å²) >= 11 is 0. The fourth-order valence-electron chi connectivity index (χ4n) is 5.66. The van der Waals surface area contributed by atoms with E-state index in [4.69, 9.17) is 18.9 Å². The molecule has 0 bridgehead atoms. The number of nitrogens with zero attached hydrogens (tertiary/aromatic N) is 1. The van der Waals surface area contributed by atoms with Crippen molar-refractivity contribution in [1.29, 1.82) is 0 Å². The molecule has 2 amide bonds. The van der Waals surface area contributed by atoms with Crippen LogP contribution in [0.15, 0.2) is 18.2 Å². The van der Waals surface area contributed by atoms with Crippen LogP contribution in [0.2, 0.25) is 0 Å². The maximum absolute atomic E-state index is 13.3. The largest absolute Gasteiger partial charge is 0.493 e.